The van der Waals surface area contributed by atoms with Crippen molar-refractivity contribution in [1.82, 2.24) is 25.4 Å². The largest absolute Gasteiger partial charge is 0.323 e. The van der Waals surface area contributed by atoms with Gasteiger partial charge in [0.2, 0.25) is 0 Å². The van der Waals surface area contributed by atoms with Crippen molar-refractivity contribution in [3.63, 3.8) is 0 Å². The summed E-state index contributed by atoms with van der Waals surface area (Å²) in [5.74, 6) is -0.962. The Bertz CT molecular complexity index is 816. The number of hydrogen-bond acceptors (Lipinski definition) is 4. The molecule has 0 saturated carbocycles. The number of hydrazine groups is 1. The van der Waals surface area contributed by atoms with E-state index in [0.717, 1.165) is 0 Å². The van der Waals surface area contributed by atoms with E-state index < -0.39 is 11.8 Å². The molecule has 2 aromatic heterocycles. The second-order valence-corrected chi connectivity index (χ2v) is 4.61. The van der Waals surface area contributed by atoms with Crippen LogP contribution in [0.1, 0.15) is 20.8 Å². The van der Waals surface area contributed by atoms with Gasteiger partial charge in [-0.2, -0.15) is 0 Å². The van der Waals surface area contributed by atoms with Gasteiger partial charge in [0.05, 0.1) is 17.4 Å². The molecule has 2 heterocycles. The second kappa shape index (κ2) is 6.52. The van der Waals surface area contributed by atoms with Crippen LogP contribution in [0, 0.1) is 0 Å². The highest BCUT2D eigenvalue weighted by atomic mass is 16.2. The van der Waals surface area contributed by atoms with E-state index in [2.05, 4.69) is 20.8 Å². The average Bonchev–Trinajstić information content (AvgIpc) is 3.14. The maximum atomic E-state index is 12.3. The minimum atomic E-state index is -0.537. The molecule has 3 aromatic rings. The summed E-state index contributed by atoms with van der Waals surface area (Å²) in [5, 5.41) is 0. The van der Waals surface area contributed by atoms with Gasteiger partial charge in [-0.1, -0.05) is 12.1 Å². The smallest absolute Gasteiger partial charge is 0.289 e. The number of amides is 2. The molecule has 0 bridgehead atoms. The molecule has 114 valence electrons. The maximum absolute atomic E-state index is 12.3. The molecule has 2 amide bonds. The zero-order valence-electron chi connectivity index (χ0n) is 12.0. The number of para-hydroxylation sites is 1. The van der Waals surface area contributed by atoms with E-state index in [1.807, 2.05) is 41.2 Å². The Balaban J connectivity index is 1.73. The summed E-state index contributed by atoms with van der Waals surface area (Å²) in [5.41, 5.74) is 5.96. The van der Waals surface area contributed by atoms with Gasteiger partial charge in [-0.3, -0.25) is 25.4 Å². The summed E-state index contributed by atoms with van der Waals surface area (Å²) in [6.07, 6.45) is 7.85. The number of hydrogen-bond donors (Lipinski definition) is 2. The molecular weight excluding hydrogens is 294 g/mol. The van der Waals surface area contributed by atoms with Crippen LogP contribution in [-0.4, -0.2) is 26.3 Å². The topological polar surface area (TPSA) is 88.9 Å². The molecule has 0 atom stereocenters. The van der Waals surface area contributed by atoms with Crippen molar-refractivity contribution in [2.45, 2.75) is 0 Å². The number of carbonyl (C=O) groups excluding carboxylic acids is 2. The van der Waals surface area contributed by atoms with Crippen molar-refractivity contribution in [2.24, 2.45) is 0 Å². The number of nitrogens with one attached hydrogen (secondary N) is 2. The first-order valence-corrected chi connectivity index (χ1v) is 6.85. The summed E-state index contributed by atoms with van der Waals surface area (Å²) >= 11 is 0. The normalized spacial score (nSPS) is 10.1. The summed E-state index contributed by atoms with van der Waals surface area (Å²) in [6.45, 7) is 0. The number of rotatable bonds is 3. The second-order valence-electron chi connectivity index (χ2n) is 4.61. The van der Waals surface area contributed by atoms with Gasteiger partial charge in [-0.15, -0.1) is 0 Å². The van der Waals surface area contributed by atoms with E-state index in [4.69, 9.17) is 0 Å². The highest BCUT2D eigenvalue weighted by Crippen LogP contribution is 2.14. The molecular formula is C16H13N5O2. The van der Waals surface area contributed by atoms with Crippen LogP contribution in [0.3, 0.4) is 0 Å². The van der Waals surface area contributed by atoms with Crippen LogP contribution in [0.5, 0.6) is 0 Å². The van der Waals surface area contributed by atoms with Gasteiger partial charge in [0.25, 0.3) is 11.8 Å². The number of nitrogens with zero attached hydrogens (tertiary/aromatic N) is 3. The molecule has 23 heavy (non-hydrogen) atoms. The van der Waals surface area contributed by atoms with E-state index in [1.54, 1.807) is 12.1 Å². The zero-order chi connectivity index (χ0) is 16.1. The Morgan fingerprint density at radius 1 is 0.913 bits per heavy atom. The molecule has 7 nitrogen and oxygen atoms in total. The maximum Gasteiger partial charge on any atom is 0.289 e. The van der Waals surface area contributed by atoms with Crippen LogP contribution in [0.2, 0.25) is 0 Å². The summed E-state index contributed by atoms with van der Waals surface area (Å²) < 4.78 is 1.82. The Hall–Kier alpha value is -3.48. The number of carbonyl (C=O) groups is 2. The summed E-state index contributed by atoms with van der Waals surface area (Å²) in [7, 11) is 0. The van der Waals surface area contributed by atoms with E-state index in [9.17, 15) is 9.59 Å². The quantitative estimate of drug-likeness (QED) is 0.715. The molecule has 0 saturated heterocycles. The van der Waals surface area contributed by atoms with Gasteiger partial charge < -0.3 is 4.57 Å². The molecule has 0 unspecified atom stereocenters. The first kappa shape index (κ1) is 14.5. The fraction of sp³-hybridized carbons (Fsp3) is 0. The van der Waals surface area contributed by atoms with Crippen LogP contribution in [0.25, 0.3) is 5.69 Å². The minimum absolute atomic E-state index is 0.117. The highest BCUT2D eigenvalue weighted by molar-refractivity contribution is 6.00. The molecule has 0 aliphatic rings. The Morgan fingerprint density at radius 3 is 2.39 bits per heavy atom. The molecule has 0 aliphatic heterocycles. The van der Waals surface area contributed by atoms with Crippen molar-refractivity contribution < 1.29 is 9.59 Å². The fourth-order valence-electron chi connectivity index (χ4n) is 2.05. The molecule has 7 heteroatoms. The molecule has 0 aliphatic carbocycles. The lowest BCUT2D eigenvalue weighted by Crippen LogP contribution is -2.42. The number of aromatic nitrogens is 3. The Morgan fingerprint density at radius 2 is 1.65 bits per heavy atom. The van der Waals surface area contributed by atoms with E-state index >= 15 is 0 Å². The van der Waals surface area contributed by atoms with Gasteiger partial charge in [-0.25, -0.2) is 4.98 Å². The molecule has 3 rings (SSSR count). The van der Waals surface area contributed by atoms with Crippen molar-refractivity contribution in [1.29, 1.82) is 0 Å². The van der Waals surface area contributed by atoms with E-state index in [-0.39, 0.29) is 5.69 Å². The van der Waals surface area contributed by atoms with Crippen LogP contribution in [0.4, 0.5) is 0 Å². The predicted octanol–water partition coefficient (Wildman–Crippen LogP) is 1.34. The van der Waals surface area contributed by atoms with Gasteiger partial charge in [0, 0.05) is 24.8 Å². The van der Waals surface area contributed by atoms with Gasteiger partial charge in [-0.05, 0) is 24.3 Å². The Kier molecular flexibility index (Phi) is 4.10. The summed E-state index contributed by atoms with van der Waals surface area (Å²) in [6, 6.07) is 10.8. The summed E-state index contributed by atoms with van der Waals surface area (Å²) in [4.78, 5) is 31.8. The highest BCUT2D eigenvalue weighted by Gasteiger charge is 2.13. The third kappa shape index (κ3) is 3.24. The zero-order valence-corrected chi connectivity index (χ0v) is 12.0. The third-order valence-electron chi connectivity index (χ3n) is 3.12. The lowest BCUT2D eigenvalue weighted by atomic mass is 10.1. The predicted molar refractivity (Wildman–Crippen MR) is 82.7 cm³/mol. The van der Waals surface area contributed by atoms with Crippen molar-refractivity contribution in [2.75, 3.05) is 0 Å². The minimum Gasteiger partial charge on any atom is -0.323 e. The lowest BCUT2D eigenvalue weighted by Gasteiger charge is -2.11. The first-order valence-electron chi connectivity index (χ1n) is 6.85. The van der Waals surface area contributed by atoms with Crippen LogP contribution in [-0.2, 0) is 0 Å². The Labute approximate surface area is 132 Å². The van der Waals surface area contributed by atoms with E-state index in [0.29, 0.717) is 11.3 Å². The number of benzene rings is 1. The standard InChI is InChI=1S/C16H13N5O2/c22-15(19-20-16(23)13-11-17-7-8-18-13)12-5-1-2-6-14(12)21-9-3-4-10-21/h1-11H,(H,19,22)(H,20,23). The molecule has 0 spiro atoms. The van der Waals surface area contributed by atoms with Crippen LogP contribution >= 0.6 is 0 Å². The lowest BCUT2D eigenvalue weighted by molar-refractivity contribution is 0.0843. The van der Waals surface area contributed by atoms with Gasteiger partial charge in [0.15, 0.2) is 0 Å². The molecule has 0 radical (unpaired) electrons. The fourth-order valence-corrected chi connectivity index (χ4v) is 2.05. The van der Waals surface area contributed by atoms with Crippen LogP contribution in [0.15, 0.2) is 67.4 Å². The van der Waals surface area contributed by atoms with Crippen molar-refractivity contribution in [3.8, 4) is 5.69 Å². The molecule has 1 aromatic carbocycles. The SMILES string of the molecule is O=C(NNC(=O)c1ccccc1-n1cccc1)c1cnccn1. The average molecular weight is 307 g/mol. The van der Waals surface area contributed by atoms with Gasteiger partial charge in [0.1, 0.15) is 5.69 Å². The monoisotopic (exact) mass is 307 g/mol. The molecule has 0 fully saturated rings. The van der Waals surface area contributed by atoms with Crippen molar-refractivity contribution in [3.05, 3.63) is 78.6 Å². The van der Waals surface area contributed by atoms with Gasteiger partial charge >= 0.3 is 0 Å². The van der Waals surface area contributed by atoms with Crippen LogP contribution < -0.4 is 10.9 Å². The van der Waals surface area contributed by atoms with E-state index in [1.165, 1.54) is 18.6 Å². The first-order chi connectivity index (χ1) is 11.3. The third-order valence-corrected chi connectivity index (χ3v) is 3.12. The van der Waals surface area contributed by atoms with Crippen molar-refractivity contribution >= 4 is 11.8 Å². The molecule has 2 N–H and O–H groups in total.